The number of aryl methyl sites for hydroxylation is 1. The molecule has 0 spiro atoms. The maximum absolute atomic E-state index is 12.1. The van der Waals surface area contributed by atoms with Crippen molar-refractivity contribution < 1.29 is 19.2 Å². The van der Waals surface area contributed by atoms with Crippen LogP contribution in [0.3, 0.4) is 0 Å². The van der Waals surface area contributed by atoms with Crippen molar-refractivity contribution in [1.82, 2.24) is 10.6 Å². The van der Waals surface area contributed by atoms with Crippen LogP contribution in [0.25, 0.3) is 0 Å². The number of rotatable bonds is 12. The zero-order chi connectivity index (χ0) is 18.7. The molecule has 0 unspecified atom stereocenters. The van der Waals surface area contributed by atoms with E-state index < -0.39 is 11.9 Å². The highest BCUT2D eigenvalue weighted by Gasteiger charge is 2.17. The summed E-state index contributed by atoms with van der Waals surface area (Å²) in [6.45, 7) is 0.300. The second-order valence-corrected chi connectivity index (χ2v) is 5.70. The van der Waals surface area contributed by atoms with Gasteiger partial charge in [-0.2, -0.15) is 0 Å². The van der Waals surface area contributed by atoms with Crippen molar-refractivity contribution in [3.05, 3.63) is 35.4 Å². The van der Waals surface area contributed by atoms with Crippen LogP contribution in [0.5, 0.6) is 0 Å². The number of nitrogens with one attached hydrogen (secondary N) is 2. The molecule has 8 heteroatoms. The molecule has 0 aromatic heterocycles. The van der Waals surface area contributed by atoms with Crippen LogP contribution in [0.4, 0.5) is 0 Å². The predicted octanol–water partition coefficient (Wildman–Crippen LogP) is -0.509. The summed E-state index contributed by atoms with van der Waals surface area (Å²) in [5.41, 5.74) is 12.1. The average Bonchev–Trinajstić information content (AvgIpc) is 2.57. The first-order valence-electron chi connectivity index (χ1n) is 8.04. The maximum atomic E-state index is 12.1. The molecule has 6 N–H and O–H groups in total. The fourth-order valence-corrected chi connectivity index (χ4v) is 2.26. The first-order valence-corrected chi connectivity index (χ1v) is 8.04. The zero-order valence-corrected chi connectivity index (χ0v) is 14.0. The van der Waals surface area contributed by atoms with E-state index in [-0.39, 0.29) is 24.7 Å². The third kappa shape index (κ3) is 8.50. The van der Waals surface area contributed by atoms with E-state index in [0.29, 0.717) is 25.8 Å². The smallest absolute Gasteiger partial charge is 0.242 e. The molecule has 25 heavy (non-hydrogen) atoms. The minimum absolute atomic E-state index is 0.0128. The molecule has 0 bridgehead atoms. The molecule has 8 nitrogen and oxygen atoms in total. The van der Waals surface area contributed by atoms with E-state index in [1.165, 1.54) is 0 Å². The molecule has 0 aliphatic heterocycles. The molecule has 1 aromatic carbocycles. The van der Waals surface area contributed by atoms with Crippen molar-refractivity contribution in [3.8, 4) is 0 Å². The molecule has 0 aliphatic rings. The number of benzene rings is 1. The van der Waals surface area contributed by atoms with Crippen LogP contribution in [0, 0.1) is 0 Å². The summed E-state index contributed by atoms with van der Waals surface area (Å²) in [6, 6.07) is 6.82. The Kier molecular flexibility index (Phi) is 8.70. The Hall–Kier alpha value is -2.90. The van der Waals surface area contributed by atoms with E-state index in [2.05, 4.69) is 10.6 Å². The second-order valence-electron chi connectivity index (χ2n) is 5.70. The number of carbonyl (C=O) groups is 4. The van der Waals surface area contributed by atoms with Crippen molar-refractivity contribution in [3.63, 3.8) is 0 Å². The summed E-state index contributed by atoms with van der Waals surface area (Å²) >= 11 is 0. The molecule has 0 saturated heterocycles. The Morgan fingerprint density at radius 3 is 2.16 bits per heavy atom. The molecule has 0 fully saturated rings. The van der Waals surface area contributed by atoms with Gasteiger partial charge in [-0.15, -0.1) is 0 Å². The van der Waals surface area contributed by atoms with Crippen molar-refractivity contribution in [1.29, 1.82) is 0 Å². The number of hydrogen-bond donors (Lipinski definition) is 4. The monoisotopic (exact) mass is 348 g/mol. The summed E-state index contributed by atoms with van der Waals surface area (Å²) in [5.74, 6) is -1.22. The molecule has 1 aromatic rings. The summed E-state index contributed by atoms with van der Waals surface area (Å²) in [6.07, 6.45) is 2.40. The van der Waals surface area contributed by atoms with Crippen LogP contribution in [-0.4, -0.2) is 30.2 Å². The zero-order valence-electron chi connectivity index (χ0n) is 14.0. The Balaban J connectivity index is 2.46. The first-order chi connectivity index (χ1) is 11.9. The van der Waals surface area contributed by atoms with Gasteiger partial charge in [-0.1, -0.05) is 24.3 Å². The van der Waals surface area contributed by atoms with E-state index in [1.807, 2.05) is 24.3 Å². The molecule has 1 rings (SSSR count). The van der Waals surface area contributed by atoms with Crippen LogP contribution in [-0.2, 0) is 32.1 Å². The van der Waals surface area contributed by atoms with Gasteiger partial charge in [0.05, 0.1) is 0 Å². The summed E-state index contributed by atoms with van der Waals surface area (Å²) in [4.78, 5) is 44.1. The van der Waals surface area contributed by atoms with Gasteiger partial charge in [0.1, 0.15) is 6.04 Å². The lowest BCUT2D eigenvalue weighted by Crippen LogP contribution is -2.43. The fourth-order valence-electron chi connectivity index (χ4n) is 2.26. The number of amides is 4. The van der Waals surface area contributed by atoms with Gasteiger partial charge in [-0.3, -0.25) is 19.2 Å². The molecular weight excluding hydrogens is 324 g/mol. The molecule has 1 atom stereocenters. The van der Waals surface area contributed by atoms with E-state index in [4.69, 9.17) is 11.5 Å². The van der Waals surface area contributed by atoms with Crippen LogP contribution >= 0.6 is 0 Å². The van der Waals surface area contributed by atoms with Crippen molar-refractivity contribution in [2.24, 2.45) is 11.5 Å². The van der Waals surface area contributed by atoms with Crippen molar-refractivity contribution in [2.45, 2.75) is 44.7 Å². The fraction of sp³-hybridized carbons (Fsp3) is 0.412. The van der Waals surface area contributed by atoms with Gasteiger partial charge in [-0.25, -0.2) is 0 Å². The molecule has 0 aliphatic carbocycles. The average molecular weight is 348 g/mol. The van der Waals surface area contributed by atoms with Gasteiger partial charge in [0.25, 0.3) is 0 Å². The molecule has 0 heterocycles. The standard InChI is InChI=1S/C17H24N4O4/c18-15(23)3-1-2-12-4-6-13(7-5-12)10-20-17(25)14(21-11-22)8-9-16(19)24/h4-7,11,14H,1-3,8-10H2,(H2,18,23)(H2,19,24)(H,20,25)(H,21,22)/t14-/m0/s1. The summed E-state index contributed by atoms with van der Waals surface area (Å²) in [7, 11) is 0. The Morgan fingerprint density at radius 2 is 1.60 bits per heavy atom. The van der Waals surface area contributed by atoms with Crippen LogP contribution in [0.1, 0.15) is 36.8 Å². The topological polar surface area (TPSA) is 144 Å². The highest BCUT2D eigenvalue weighted by atomic mass is 16.2. The maximum Gasteiger partial charge on any atom is 0.242 e. The Morgan fingerprint density at radius 1 is 1.00 bits per heavy atom. The minimum atomic E-state index is -0.793. The van der Waals surface area contributed by atoms with Gasteiger partial charge < -0.3 is 22.1 Å². The van der Waals surface area contributed by atoms with E-state index in [1.54, 1.807) is 0 Å². The van der Waals surface area contributed by atoms with Crippen LogP contribution in [0.15, 0.2) is 24.3 Å². The summed E-state index contributed by atoms with van der Waals surface area (Å²) < 4.78 is 0. The third-order valence-electron chi connectivity index (χ3n) is 3.64. The van der Waals surface area contributed by atoms with Crippen molar-refractivity contribution >= 4 is 24.1 Å². The Bertz CT molecular complexity index is 601. The molecule has 0 radical (unpaired) electrons. The molecule has 136 valence electrons. The number of hydrogen-bond acceptors (Lipinski definition) is 4. The predicted molar refractivity (Wildman–Crippen MR) is 91.8 cm³/mol. The van der Waals surface area contributed by atoms with Crippen LogP contribution in [0.2, 0.25) is 0 Å². The molecule has 0 saturated carbocycles. The van der Waals surface area contributed by atoms with E-state index >= 15 is 0 Å². The highest BCUT2D eigenvalue weighted by Crippen LogP contribution is 2.08. The third-order valence-corrected chi connectivity index (χ3v) is 3.64. The van der Waals surface area contributed by atoms with Gasteiger partial charge in [0, 0.05) is 19.4 Å². The lowest BCUT2D eigenvalue weighted by Gasteiger charge is -2.15. The largest absolute Gasteiger partial charge is 0.370 e. The van der Waals surface area contributed by atoms with Crippen LogP contribution < -0.4 is 22.1 Å². The minimum Gasteiger partial charge on any atom is -0.370 e. The molecular formula is C17H24N4O4. The molecule has 4 amide bonds. The lowest BCUT2D eigenvalue weighted by atomic mass is 10.1. The van der Waals surface area contributed by atoms with Gasteiger partial charge >= 0.3 is 0 Å². The number of carbonyl (C=O) groups excluding carboxylic acids is 4. The first kappa shape index (κ1) is 20.1. The Labute approximate surface area is 146 Å². The second kappa shape index (κ2) is 10.8. The van der Waals surface area contributed by atoms with Gasteiger partial charge in [0.15, 0.2) is 0 Å². The summed E-state index contributed by atoms with van der Waals surface area (Å²) in [5, 5.41) is 5.09. The number of primary amides is 2. The SMILES string of the molecule is NC(=O)CCCc1ccc(CNC(=O)[C@H](CCC(N)=O)NC=O)cc1. The van der Waals surface area contributed by atoms with E-state index in [9.17, 15) is 19.2 Å². The van der Waals surface area contributed by atoms with Gasteiger partial charge in [0.2, 0.25) is 24.1 Å². The van der Waals surface area contributed by atoms with E-state index in [0.717, 1.165) is 17.5 Å². The van der Waals surface area contributed by atoms with Crippen molar-refractivity contribution in [2.75, 3.05) is 0 Å². The lowest BCUT2D eigenvalue weighted by molar-refractivity contribution is -0.126. The quantitative estimate of drug-likeness (QED) is 0.377. The highest BCUT2D eigenvalue weighted by molar-refractivity contribution is 5.84. The van der Waals surface area contributed by atoms with Gasteiger partial charge in [-0.05, 0) is 30.4 Å². The normalized spacial score (nSPS) is 11.4. The number of nitrogens with two attached hydrogens (primary N) is 2.